The molecule has 0 unspecified atom stereocenters. The lowest BCUT2D eigenvalue weighted by Gasteiger charge is -2.25. The number of ether oxygens (including phenoxy) is 2. The summed E-state index contributed by atoms with van der Waals surface area (Å²) < 4.78 is 123. The van der Waals surface area contributed by atoms with Crippen molar-refractivity contribution in [2.45, 2.75) is 69.8 Å². The quantitative estimate of drug-likeness (QED) is 0.0876. The number of carbonyl (C=O) groups is 3. The maximum atomic E-state index is 15.4. The van der Waals surface area contributed by atoms with Crippen molar-refractivity contribution in [2.75, 3.05) is 0 Å². The van der Waals surface area contributed by atoms with Gasteiger partial charge in [-0.1, -0.05) is 12.1 Å². The third kappa shape index (κ3) is 8.85. The Hall–Kier alpha value is -4.81. The minimum atomic E-state index is -3.40. The Morgan fingerprint density at radius 2 is 1.38 bits per heavy atom. The summed E-state index contributed by atoms with van der Waals surface area (Å²) in [7, 11) is 0. The predicted molar refractivity (Wildman–Crippen MR) is 159 cm³/mol. The maximum Gasteiger partial charge on any atom is 0.331 e. The van der Waals surface area contributed by atoms with Gasteiger partial charge in [-0.25, -0.2) is 44.7 Å². The highest BCUT2D eigenvalue weighted by Gasteiger charge is 2.37. The molecule has 3 aromatic rings. The number of carboxylic acid groups (broad SMARTS) is 1. The number of aliphatic carboxylic acids is 1. The number of phenols is 1. The molecule has 0 heterocycles. The van der Waals surface area contributed by atoms with E-state index in [0.717, 1.165) is 38.1 Å². The van der Waals surface area contributed by atoms with Gasteiger partial charge >= 0.3 is 17.9 Å². The van der Waals surface area contributed by atoms with Gasteiger partial charge in [0.05, 0.1) is 5.56 Å². The van der Waals surface area contributed by atoms with E-state index in [0.29, 0.717) is 12.1 Å². The molecule has 0 saturated carbocycles. The van der Waals surface area contributed by atoms with Gasteiger partial charge in [0, 0.05) is 36.5 Å². The summed E-state index contributed by atoms with van der Waals surface area (Å²) in [5, 5.41) is 18.4. The standard InChI is InChI=1S/C32H31F8N3O7/c1-31(42,29(47)49-15-7-17(26(37)38)16(19(34)8-15)9-20(41)28(45)46)10-13-4-6-22(24(35)18(13)12-33)50-30(48)32(2,43)11-14-3-5-21(44)25(36)23(14)27(39)40/h3-8,20,26-27,44H,9-12,41-43H2,1-2H3,(H,45,46)/t20-,31-,32-/m0/s1. The SMILES string of the molecule is C[C@](N)(Cc1ccc(OC(=O)[C@@](C)(N)Cc2ccc(O)c(F)c2C(F)F)c(F)c1CF)C(=O)Oc1cc(F)c(C[C@H](N)C(=O)O)c(C(F)F)c1. The number of esters is 2. The number of benzene rings is 3. The first-order chi connectivity index (χ1) is 23.1. The summed E-state index contributed by atoms with van der Waals surface area (Å²) in [6.45, 7) is 0.524. The van der Waals surface area contributed by atoms with Crippen LogP contribution in [0.2, 0.25) is 0 Å². The summed E-state index contributed by atoms with van der Waals surface area (Å²) in [5.74, 6) is -11.5. The average Bonchev–Trinajstić information content (AvgIpc) is 3.00. The molecule has 272 valence electrons. The molecule has 0 aliphatic carbocycles. The Bertz CT molecular complexity index is 1790. The zero-order valence-electron chi connectivity index (χ0n) is 26.2. The summed E-state index contributed by atoms with van der Waals surface area (Å²) in [4.78, 5) is 36.8. The number of aromatic hydroxyl groups is 1. The molecule has 0 spiro atoms. The van der Waals surface area contributed by atoms with Gasteiger partial charge in [-0.2, -0.15) is 0 Å². The molecule has 0 bridgehead atoms. The molecule has 3 aromatic carbocycles. The summed E-state index contributed by atoms with van der Waals surface area (Å²) in [6, 6.07) is 2.92. The second kappa shape index (κ2) is 15.4. The summed E-state index contributed by atoms with van der Waals surface area (Å²) in [6.07, 6.45) is -8.97. The lowest BCUT2D eigenvalue weighted by molar-refractivity contribution is -0.140. The highest BCUT2D eigenvalue weighted by Crippen LogP contribution is 2.35. The van der Waals surface area contributed by atoms with Crippen LogP contribution in [0.4, 0.5) is 35.1 Å². The first kappa shape index (κ1) is 39.6. The second-order valence-electron chi connectivity index (χ2n) is 11.8. The van der Waals surface area contributed by atoms with E-state index in [1.54, 1.807) is 0 Å². The van der Waals surface area contributed by atoms with Crippen LogP contribution in [-0.2, 0) is 40.3 Å². The molecule has 3 rings (SSSR count). The average molecular weight is 722 g/mol. The van der Waals surface area contributed by atoms with Crippen molar-refractivity contribution >= 4 is 17.9 Å². The predicted octanol–water partition coefficient (Wildman–Crippen LogP) is 4.84. The molecule has 3 atom stereocenters. The van der Waals surface area contributed by atoms with Crippen LogP contribution >= 0.6 is 0 Å². The van der Waals surface area contributed by atoms with Gasteiger partial charge in [0.25, 0.3) is 12.9 Å². The van der Waals surface area contributed by atoms with Crippen LogP contribution in [-0.4, -0.2) is 45.2 Å². The van der Waals surface area contributed by atoms with Crippen molar-refractivity contribution in [1.82, 2.24) is 0 Å². The van der Waals surface area contributed by atoms with Gasteiger partial charge in [-0.3, -0.25) is 4.79 Å². The molecule has 0 fully saturated rings. The molecule has 0 aromatic heterocycles. The minimum absolute atomic E-state index is 0.249. The van der Waals surface area contributed by atoms with Crippen LogP contribution in [0.3, 0.4) is 0 Å². The lowest BCUT2D eigenvalue weighted by Crippen LogP contribution is -2.50. The molecule has 0 aliphatic heterocycles. The number of alkyl halides is 5. The van der Waals surface area contributed by atoms with Gasteiger partial charge in [0.1, 0.15) is 35.4 Å². The van der Waals surface area contributed by atoms with E-state index < -0.39 is 136 Å². The first-order valence-corrected chi connectivity index (χ1v) is 14.4. The second-order valence-corrected chi connectivity index (χ2v) is 11.8. The zero-order valence-corrected chi connectivity index (χ0v) is 26.2. The van der Waals surface area contributed by atoms with E-state index >= 15 is 4.39 Å². The smallest absolute Gasteiger partial charge is 0.331 e. The fraction of sp³-hybridized carbons (Fsp3) is 0.344. The van der Waals surface area contributed by atoms with Crippen molar-refractivity contribution in [3.05, 3.63) is 87.2 Å². The van der Waals surface area contributed by atoms with Crippen molar-refractivity contribution in [2.24, 2.45) is 17.2 Å². The van der Waals surface area contributed by atoms with Crippen LogP contribution in [0.5, 0.6) is 17.2 Å². The monoisotopic (exact) mass is 721 g/mol. The number of phenolic OH excluding ortho intramolecular Hbond substituents is 1. The number of nitrogens with two attached hydrogens (primary N) is 3. The van der Waals surface area contributed by atoms with E-state index in [9.17, 15) is 50.2 Å². The maximum absolute atomic E-state index is 15.4. The van der Waals surface area contributed by atoms with Crippen LogP contribution in [0.15, 0.2) is 36.4 Å². The lowest BCUT2D eigenvalue weighted by atomic mass is 9.90. The van der Waals surface area contributed by atoms with Gasteiger partial charge < -0.3 is 36.9 Å². The molecule has 8 N–H and O–H groups in total. The van der Waals surface area contributed by atoms with Crippen LogP contribution in [0.1, 0.15) is 60.1 Å². The molecule has 18 heteroatoms. The number of hydrogen-bond acceptors (Lipinski definition) is 9. The Kier molecular flexibility index (Phi) is 12.2. The van der Waals surface area contributed by atoms with Gasteiger partial charge in [0.2, 0.25) is 0 Å². The van der Waals surface area contributed by atoms with Crippen LogP contribution in [0, 0.1) is 17.5 Å². The van der Waals surface area contributed by atoms with Crippen molar-refractivity contribution < 1.29 is 69.2 Å². The number of halogens is 8. The highest BCUT2D eigenvalue weighted by molar-refractivity contribution is 5.84. The third-order valence-corrected chi connectivity index (χ3v) is 7.55. The number of carbonyl (C=O) groups excluding carboxylic acids is 2. The van der Waals surface area contributed by atoms with E-state index in [2.05, 4.69) is 0 Å². The van der Waals surface area contributed by atoms with Crippen molar-refractivity contribution in [3.8, 4) is 17.2 Å². The Balaban J connectivity index is 1.82. The number of hydrogen-bond donors (Lipinski definition) is 5. The van der Waals surface area contributed by atoms with E-state index in [-0.39, 0.29) is 5.56 Å². The minimum Gasteiger partial charge on any atom is -0.505 e. The van der Waals surface area contributed by atoms with Gasteiger partial charge in [-0.15, -0.1) is 0 Å². The third-order valence-electron chi connectivity index (χ3n) is 7.55. The summed E-state index contributed by atoms with van der Waals surface area (Å²) in [5.41, 5.74) is 8.59. The first-order valence-electron chi connectivity index (χ1n) is 14.4. The fourth-order valence-corrected chi connectivity index (χ4v) is 4.82. The Labute approximate surface area is 278 Å². The van der Waals surface area contributed by atoms with Crippen molar-refractivity contribution in [1.29, 1.82) is 0 Å². The highest BCUT2D eigenvalue weighted by atomic mass is 19.3. The van der Waals surface area contributed by atoms with Gasteiger partial charge in [0.15, 0.2) is 23.1 Å². The fourth-order valence-electron chi connectivity index (χ4n) is 4.82. The molecule has 10 nitrogen and oxygen atoms in total. The Morgan fingerprint density at radius 3 is 1.92 bits per heavy atom. The molecule has 0 aliphatic rings. The van der Waals surface area contributed by atoms with E-state index in [4.69, 9.17) is 31.8 Å². The normalized spacial score (nSPS) is 14.6. The van der Waals surface area contributed by atoms with E-state index in [1.165, 1.54) is 0 Å². The topological polar surface area (TPSA) is 188 Å². The molecular weight excluding hydrogens is 690 g/mol. The molecule has 0 saturated heterocycles. The molecule has 0 amide bonds. The molecule has 0 radical (unpaired) electrons. The van der Waals surface area contributed by atoms with Gasteiger partial charge in [-0.05, 0) is 48.7 Å². The Morgan fingerprint density at radius 1 is 0.820 bits per heavy atom. The number of rotatable bonds is 14. The number of carboxylic acids is 1. The molecular formula is C32H31F8N3O7. The largest absolute Gasteiger partial charge is 0.505 e. The summed E-state index contributed by atoms with van der Waals surface area (Å²) >= 11 is 0. The van der Waals surface area contributed by atoms with Crippen molar-refractivity contribution in [3.63, 3.8) is 0 Å². The zero-order chi connectivity index (χ0) is 37.9. The molecule has 50 heavy (non-hydrogen) atoms. The van der Waals surface area contributed by atoms with Crippen LogP contribution < -0.4 is 26.7 Å². The van der Waals surface area contributed by atoms with E-state index in [1.807, 2.05) is 0 Å². The van der Waals surface area contributed by atoms with Crippen LogP contribution in [0.25, 0.3) is 0 Å².